The monoisotopic (exact) mass is 244 g/mol. The molecule has 6 nitrogen and oxygen atoms in total. The Morgan fingerprint density at radius 1 is 1.65 bits per heavy atom. The first-order valence-electron chi connectivity index (χ1n) is 4.79. The quantitative estimate of drug-likeness (QED) is 0.647. The number of primary amides is 1. The number of hydrogen-bond donors (Lipinski definition) is 3. The highest BCUT2D eigenvalue weighted by Gasteiger charge is 2.24. The molecule has 0 aromatic carbocycles. The van der Waals surface area contributed by atoms with Crippen molar-refractivity contribution in [2.75, 3.05) is 7.11 Å². The van der Waals surface area contributed by atoms with E-state index in [4.69, 9.17) is 10.5 Å². The average molecular weight is 244 g/mol. The molecule has 0 aliphatic heterocycles. The molecule has 1 rings (SSSR count). The predicted octanol–water partition coefficient (Wildman–Crippen LogP) is -0.501. The van der Waals surface area contributed by atoms with Gasteiger partial charge in [-0.1, -0.05) is 0 Å². The molecule has 0 spiro atoms. The third kappa shape index (κ3) is 3.36. The van der Waals surface area contributed by atoms with E-state index >= 15 is 0 Å². The van der Waals surface area contributed by atoms with Gasteiger partial charge in [0.15, 0.2) is 0 Å². The van der Waals surface area contributed by atoms with Crippen molar-refractivity contribution in [2.24, 2.45) is 5.73 Å². The Hall–Kier alpha value is -1.73. The molecule has 7 heteroatoms. The number of carbonyl (C=O) groups excluding carboxylic acids is 1. The van der Waals surface area contributed by atoms with Gasteiger partial charge in [0.2, 0.25) is 11.8 Å². The lowest BCUT2D eigenvalue weighted by molar-refractivity contribution is -0.121. The Morgan fingerprint density at radius 2 is 2.29 bits per heavy atom. The van der Waals surface area contributed by atoms with Crippen LogP contribution < -0.4 is 10.5 Å². The Morgan fingerprint density at radius 3 is 2.82 bits per heavy atom. The SMILES string of the molecule is COc1ncc(F)cc1C(O)C(O)CC(N)=O. The summed E-state index contributed by atoms with van der Waals surface area (Å²) < 4.78 is 17.8. The van der Waals surface area contributed by atoms with Gasteiger partial charge in [-0.05, 0) is 6.07 Å². The molecule has 94 valence electrons. The van der Waals surface area contributed by atoms with Crippen molar-refractivity contribution >= 4 is 5.91 Å². The van der Waals surface area contributed by atoms with Crippen LogP contribution in [0.4, 0.5) is 4.39 Å². The van der Waals surface area contributed by atoms with E-state index < -0.39 is 30.4 Å². The molecule has 0 saturated heterocycles. The topological polar surface area (TPSA) is 106 Å². The summed E-state index contributed by atoms with van der Waals surface area (Å²) in [5, 5.41) is 19.2. The number of aliphatic hydroxyl groups excluding tert-OH is 2. The Bertz CT molecular complexity index is 413. The van der Waals surface area contributed by atoms with Gasteiger partial charge in [0, 0.05) is 5.56 Å². The number of rotatable bonds is 5. The summed E-state index contributed by atoms with van der Waals surface area (Å²) in [5.41, 5.74) is 4.84. The number of aliphatic hydroxyl groups is 2. The molecule has 0 fully saturated rings. The molecule has 2 unspecified atom stereocenters. The fourth-order valence-electron chi connectivity index (χ4n) is 1.35. The molecule has 17 heavy (non-hydrogen) atoms. The van der Waals surface area contributed by atoms with E-state index in [1.54, 1.807) is 0 Å². The van der Waals surface area contributed by atoms with Crippen LogP contribution in [0.3, 0.4) is 0 Å². The van der Waals surface area contributed by atoms with Gasteiger partial charge in [0.25, 0.3) is 0 Å². The van der Waals surface area contributed by atoms with Gasteiger partial charge in [-0.25, -0.2) is 9.37 Å². The summed E-state index contributed by atoms with van der Waals surface area (Å²) >= 11 is 0. The van der Waals surface area contributed by atoms with E-state index in [1.807, 2.05) is 0 Å². The number of hydrogen-bond acceptors (Lipinski definition) is 5. The first-order chi connectivity index (χ1) is 7.95. The highest BCUT2D eigenvalue weighted by atomic mass is 19.1. The predicted molar refractivity (Wildman–Crippen MR) is 55.5 cm³/mol. The highest BCUT2D eigenvalue weighted by molar-refractivity contribution is 5.74. The summed E-state index contributed by atoms with van der Waals surface area (Å²) in [4.78, 5) is 14.2. The summed E-state index contributed by atoms with van der Waals surface area (Å²) in [7, 11) is 1.29. The molecule has 4 N–H and O–H groups in total. The molecule has 1 amide bonds. The number of halogens is 1. The van der Waals surface area contributed by atoms with Crippen LogP contribution in [-0.2, 0) is 4.79 Å². The molecule has 1 aromatic rings. The number of ether oxygens (including phenoxy) is 1. The molecular formula is C10H13FN2O4. The van der Waals surface area contributed by atoms with Crippen molar-refractivity contribution in [3.05, 3.63) is 23.6 Å². The minimum Gasteiger partial charge on any atom is -0.481 e. The Labute approximate surface area is 96.8 Å². The van der Waals surface area contributed by atoms with Crippen molar-refractivity contribution in [3.63, 3.8) is 0 Å². The number of carbonyl (C=O) groups is 1. The molecule has 0 aliphatic rings. The van der Waals surface area contributed by atoms with Crippen molar-refractivity contribution in [1.29, 1.82) is 0 Å². The van der Waals surface area contributed by atoms with Gasteiger partial charge >= 0.3 is 0 Å². The van der Waals surface area contributed by atoms with Crippen LogP contribution in [0.1, 0.15) is 18.1 Å². The Balaban J connectivity index is 2.97. The van der Waals surface area contributed by atoms with Crippen LogP contribution >= 0.6 is 0 Å². The van der Waals surface area contributed by atoms with Gasteiger partial charge in [0.05, 0.1) is 25.8 Å². The van der Waals surface area contributed by atoms with Gasteiger partial charge in [-0.3, -0.25) is 4.79 Å². The second-order valence-electron chi connectivity index (χ2n) is 3.43. The number of amides is 1. The average Bonchev–Trinajstić information content (AvgIpc) is 2.27. The minimum atomic E-state index is -1.50. The zero-order valence-electron chi connectivity index (χ0n) is 9.13. The summed E-state index contributed by atoms with van der Waals surface area (Å²) in [6.07, 6.45) is -2.47. The van der Waals surface area contributed by atoms with Crippen LogP contribution in [0.5, 0.6) is 5.88 Å². The first-order valence-corrected chi connectivity index (χ1v) is 4.79. The van der Waals surface area contributed by atoms with Crippen LogP contribution in [0, 0.1) is 5.82 Å². The smallest absolute Gasteiger partial charge is 0.220 e. The summed E-state index contributed by atoms with van der Waals surface area (Å²) in [6.45, 7) is 0. The minimum absolute atomic E-state index is 0.0255. The highest BCUT2D eigenvalue weighted by Crippen LogP contribution is 2.26. The molecule has 0 saturated carbocycles. The Kier molecular flexibility index (Phi) is 4.36. The zero-order chi connectivity index (χ0) is 13.0. The second-order valence-corrected chi connectivity index (χ2v) is 3.43. The molecule has 1 heterocycles. The molecule has 0 bridgehead atoms. The van der Waals surface area contributed by atoms with E-state index in [2.05, 4.69) is 4.98 Å². The van der Waals surface area contributed by atoms with Crippen LogP contribution in [0.2, 0.25) is 0 Å². The zero-order valence-corrected chi connectivity index (χ0v) is 9.13. The lowest BCUT2D eigenvalue weighted by Crippen LogP contribution is -2.26. The molecule has 1 aromatic heterocycles. The number of aromatic nitrogens is 1. The van der Waals surface area contributed by atoms with Gasteiger partial charge < -0.3 is 20.7 Å². The molecule has 0 radical (unpaired) electrons. The van der Waals surface area contributed by atoms with Crippen LogP contribution in [0.15, 0.2) is 12.3 Å². The lowest BCUT2D eigenvalue weighted by Gasteiger charge is -2.18. The number of methoxy groups -OCH3 is 1. The largest absolute Gasteiger partial charge is 0.481 e. The fraction of sp³-hybridized carbons (Fsp3) is 0.400. The number of pyridine rings is 1. The van der Waals surface area contributed by atoms with E-state index in [0.29, 0.717) is 0 Å². The third-order valence-corrected chi connectivity index (χ3v) is 2.13. The second kappa shape index (κ2) is 5.55. The van der Waals surface area contributed by atoms with E-state index in [1.165, 1.54) is 7.11 Å². The summed E-state index contributed by atoms with van der Waals surface area (Å²) in [6, 6.07) is 0.973. The van der Waals surface area contributed by atoms with Gasteiger partial charge in [-0.2, -0.15) is 0 Å². The maximum absolute atomic E-state index is 13.0. The van der Waals surface area contributed by atoms with Crippen molar-refractivity contribution in [2.45, 2.75) is 18.6 Å². The van der Waals surface area contributed by atoms with Gasteiger partial charge in [-0.15, -0.1) is 0 Å². The first kappa shape index (κ1) is 13.3. The number of nitrogens with two attached hydrogens (primary N) is 1. The molecule has 2 atom stereocenters. The van der Waals surface area contributed by atoms with Crippen LogP contribution in [-0.4, -0.2) is 34.3 Å². The van der Waals surface area contributed by atoms with Gasteiger partial charge in [0.1, 0.15) is 11.9 Å². The van der Waals surface area contributed by atoms with E-state index in [0.717, 1.165) is 12.3 Å². The molecule has 0 aliphatic carbocycles. The normalized spacial score (nSPS) is 14.1. The third-order valence-electron chi connectivity index (χ3n) is 2.13. The van der Waals surface area contributed by atoms with Crippen LogP contribution in [0.25, 0.3) is 0 Å². The van der Waals surface area contributed by atoms with E-state index in [9.17, 15) is 19.4 Å². The number of nitrogens with zero attached hydrogens (tertiary/aromatic N) is 1. The van der Waals surface area contributed by atoms with E-state index in [-0.39, 0.29) is 11.4 Å². The van der Waals surface area contributed by atoms with Crippen molar-refractivity contribution in [3.8, 4) is 5.88 Å². The summed E-state index contributed by atoms with van der Waals surface area (Å²) in [5.74, 6) is -1.49. The maximum Gasteiger partial charge on any atom is 0.220 e. The maximum atomic E-state index is 13.0. The lowest BCUT2D eigenvalue weighted by atomic mass is 10.0. The van der Waals surface area contributed by atoms with Crippen molar-refractivity contribution < 1.29 is 24.1 Å². The molecular weight excluding hydrogens is 231 g/mol. The van der Waals surface area contributed by atoms with Crippen molar-refractivity contribution in [1.82, 2.24) is 4.98 Å². The fourth-order valence-corrected chi connectivity index (χ4v) is 1.35. The standard InChI is InChI=1S/C10H13FN2O4/c1-17-10-6(2-5(11)4-13-10)9(16)7(14)3-8(12)15/h2,4,7,9,14,16H,3H2,1H3,(H2,12,15).